The molecule has 1 aromatic carbocycles. The number of aromatic nitrogens is 1. The first-order valence-electron chi connectivity index (χ1n) is 5.75. The minimum Gasteiger partial charge on any atom is -0.478 e. The molecule has 1 aromatic heterocycles. The molecule has 0 aliphatic heterocycles. The zero-order valence-corrected chi connectivity index (χ0v) is 11.1. The average molecular weight is 277 g/mol. The Labute approximate surface area is 116 Å². The van der Waals surface area contributed by atoms with Crippen LogP contribution >= 0.6 is 11.6 Å². The van der Waals surface area contributed by atoms with Crippen LogP contribution in [0.3, 0.4) is 0 Å². The maximum absolute atomic E-state index is 10.9. The van der Waals surface area contributed by atoms with Crippen molar-refractivity contribution in [2.75, 3.05) is 5.32 Å². The zero-order chi connectivity index (χ0) is 13.8. The molecule has 2 rings (SSSR count). The van der Waals surface area contributed by atoms with Gasteiger partial charge in [0.2, 0.25) is 0 Å². The minimum absolute atomic E-state index is 0.219. The molecule has 0 radical (unpaired) electrons. The van der Waals surface area contributed by atoms with Crippen LogP contribution in [0.4, 0.5) is 5.82 Å². The molecule has 0 spiro atoms. The molecule has 0 bridgehead atoms. The molecule has 0 saturated heterocycles. The van der Waals surface area contributed by atoms with Crippen LogP contribution in [-0.2, 0) is 6.54 Å². The summed E-state index contributed by atoms with van der Waals surface area (Å²) in [5.74, 6) is -0.313. The topological polar surface area (TPSA) is 62.2 Å². The van der Waals surface area contributed by atoms with Crippen molar-refractivity contribution in [3.63, 3.8) is 0 Å². The van der Waals surface area contributed by atoms with Gasteiger partial charge >= 0.3 is 5.97 Å². The molecule has 0 aliphatic rings. The van der Waals surface area contributed by atoms with Gasteiger partial charge in [0.25, 0.3) is 0 Å². The zero-order valence-electron chi connectivity index (χ0n) is 10.4. The summed E-state index contributed by atoms with van der Waals surface area (Å²) in [6.07, 6.45) is 0. The van der Waals surface area contributed by atoms with Gasteiger partial charge in [-0.25, -0.2) is 9.78 Å². The monoisotopic (exact) mass is 276 g/mol. The summed E-state index contributed by atoms with van der Waals surface area (Å²) >= 11 is 5.81. The standard InChI is InChI=1S/C14H13ClN2O2/c1-9-12(14(18)19)6-7-13(17-9)16-8-10-2-4-11(15)5-3-10/h2-7H,8H2,1H3,(H,16,17)(H,18,19). The third-order valence-electron chi connectivity index (χ3n) is 2.70. The lowest BCUT2D eigenvalue weighted by molar-refractivity contribution is 0.0695. The van der Waals surface area contributed by atoms with Crippen LogP contribution in [0.5, 0.6) is 0 Å². The van der Waals surface area contributed by atoms with Gasteiger partial charge in [-0.05, 0) is 36.8 Å². The Hall–Kier alpha value is -2.07. The van der Waals surface area contributed by atoms with Crippen molar-refractivity contribution in [1.29, 1.82) is 0 Å². The average Bonchev–Trinajstić information content (AvgIpc) is 2.37. The number of carboxylic acids is 1. The van der Waals surface area contributed by atoms with Gasteiger partial charge < -0.3 is 10.4 Å². The van der Waals surface area contributed by atoms with E-state index in [0.29, 0.717) is 23.1 Å². The lowest BCUT2D eigenvalue weighted by atomic mass is 10.2. The van der Waals surface area contributed by atoms with E-state index in [1.807, 2.05) is 24.3 Å². The predicted octanol–water partition coefficient (Wildman–Crippen LogP) is 3.35. The lowest BCUT2D eigenvalue weighted by Crippen LogP contribution is -2.06. The number of nitrogens with one attached hydrogen (secondary N) is 1. The maximum atomic E-state index is 10.9. The molecule has 0 fully saturated rings. The summed E-state index contributed by atoms with van der Waals surface area (Å²) < 4.78 is 0. The lowest BCUT2D eigenvalue weighted by Gasteiger charge is -2.08. The summed E-state index contributed by atoms with van der Waals surface area (Å²) in [6, 6.07) is 10.7. The van der Waals surface area contributed by atoms with Crippen molar-refractivity contribution in [3.8, 4) is 0 Å². The molecular formula is C14H13ClN2O2. The number of hydrogen-bond acceptors (Lipinski definition) is 3. The molecule has 5 heteroatoms. The van der Waals surface area contributed by atoms with Gasteiger partial charge in [-0.2, -0.15) is 0 Å². The molecule has 0 unspecified atom stereocenters. The second-order valence-electron chi connectivity index (χ2n) is 4.11. The number of carboxylic acid groups (broad SMARTS) is 1. The van der Waals surface area contributed by atoms with Gasteiger partial charge in [0.1, 0.15) is 5.82 Å². The van der Waals surface area contributed by atoms with Crippen LogP contribution in [0.25, 0.3) is 0 Å². The first-order valence-corrected chi connectivity index (χ1v) is 6.13. The van der Waals surface area contributed by atoms with Crippen molar-refractivity contribution in [3.05, 3.63) is 58.2 Å². The molecule has 98 valence electrons. The summed E-state index contributed by atoms with van der Waals surface area (Å²) in [5, 5.41) is 12.8. The SMILES string of the molecule is Cc1nc(NCc2ccc(Cl)cc2)ccc1C(=O)O. The molecule has 0 atom stereocenters. The number of hydrogen-bond donors (Lipinski definition) is 2. The molecule has 0 aliphatic carbocycles. The van der Waals surface area contributed by atoms with Gasteiger partial charge in [0, 0.05) is 11.6 Å². The normalized spacial score (nSPS) is 10.2. The number of halogens is 1. The number of aryl methyl sites for hydroxylation is 1. The highest BCUT2D eigenvalue weighted by Gasteiger charge is 2.08. The third-order valence-corrected chi connectivity index (χ3v) is 2.96. The number of nitrogens with zero attached hydrogens (tertiary/aromatic N) is 1. The van der Waals surface area contributed by atoms with Gasteiger partial charge in [-0.3, -0.25) is 0 Å². The first-order chi connectivity index (χ1) is 9.06. The highest BCUT2D eigenvalue weighted by molar-refractivity contribution is 6.30. The second kappa shape index (κ2) is 5.71. The number of carbonyl (C=O) groups is 1. The quantitative estimate of drug-likeness (QED) is 0.899. The van der Waals surface area contributed by atoms with Crippen LogP contribution in [0.1, 0.15) is 21.6 Å². The van der Waals surface area contributed by atoms with Gasteiger partial charge in [0.15, 0.2) is 0 Å². The van der Waals surface area contributed by atoms with E-state index in [9.17, 15) is 4.79 Å². The van der Waals surface area contributed by atoms with Crippen LogP contribution in [-0.4, -0.2) is 16.1 Å². The highest BCUT2D eigenvalue weighted by Crippen LogP contribution is 2.13. The van der Waals surface area contributed by atoms with Crippen molar-refractivity contribution in [1.82, 2.24) is 4.98 Å². The van der Waals surface area contributed by atoms with Gasteiger partial charge in [-0.15, -0.1) is 0 Å². The van der Waals surface area contributed by atoms with Crippen molar-refractivity contribution in [2.24, 2.45) is 0 Å². The molecule has 2 N–H and O–H groups in total. The fourth-order valence-corrected chi connectivity index (χ4v) is 1.81. The minimum atomic E-state index is -0.964. The predicted molar refractivity (Wildman–Crippen MR) is 74.7 cm³/mol. The number of benzene rings is 1. The van der Waals surface area contributed by atoms with E-state index in [2.05, 4.69) is 10.3 Å². The molecule has 2 aromatic rings. The smallest absolute Gasteiger partial charge is 0.337 e. The van der Waals surface area contributed by atoms with E-state index in [0.717, 1.165) is 5.56 Å². The van der Waals surface area contributed by atoms with Gasteiger partial charge in [0.05, 0.1) is 11.3 Å². The fourth-order valence-electron chi connectivity index (χ4n) is 1.68. The van der Waals surface area contributed by atoms with E-state index >= 15 is 0 Å². The van der Waals surface area contributed by atoms with Crippen LogP contribution in [0, 0.1) is 6.92 Å². The Morgan fingerprint density at radius 3 is 2.53 bits per heavy atom. The van der Waals surface area contributed by atoms with Crippen LogP contribution in [0.2, 0.25) is 5.02 Å². The Morgan fingerprint density at radius 2 is 1.95 bits per heavy atom. The second-order valence-corrected chi connectivity index (χ2v) is 4.55. The summed E-state index contributed by atoms with van der Waals surface area (Å²) in [7, 11) is 0. The fraction of sp³-hybridized carbons (Fsp3) is 0.143. The Bertz CT molecular complexity index is 597. The van der Waals surface area contributed by atoms with E-state index < -0.39 is 5.97 Å². The van der Waals surface area contributed by atoms with E-state index in [4.69, 9.17) is 16.7 Å². The maximum Gasteiger partial charge on any atom is 0.337 e. The van der Waals surface area contributed by atoms with Gasteiger partial charge in [-0.1, -0.05) is 23.7 Å². The van der Waals surface area contributed by atoms with E-state index in [-0.39, 0.29) is 5.56 Å². The first kappa shape index (κ1) is 13.4. The molecule has 4 nitrogen and oxygen atoms in total. The van der Waals surface area contributed by atoms with Crippen molar-refractivity contribution >= 4 is 23.4 Å². The number of pyridine rings is 1. The Morgan fingerprint density at radius 1 is 1.26 bits per heavy atom. The van der Waals surface area contributed by atoms with Crippen molar-refractivity contribution < 1.29 is 9.90 Å². The van der Waals surface area contributed by atoms with E-state index in [1.54, 1.807) is 19.1 Å². The summed E-state index contributed by atoms with van der Waals surface area (Å²) in [5.41, 5.74) is 1.79. The molecule has 0 saturated carbocycles. The summed E-state index contributed by atoms with van der Waals surface area (Å²) in [6.45, 7) is 2.28. The molecular weight excluding hydrogens is 264 g/mol. The van der Waals surface area contributed by atoms with E-state index in [1.165, 1.54) is 0 Å². The number of aromatic carboxylic acids is 1. The molecule has 19 heavy (non-hydrogen) atoms. The third kappa shape index (κ3) is 3.45. The largest absolute Gasteiger partial charge is 0.478 e. The number of rotatable bonds is 4. The Kier molecular flexibility index (Phi) is 4.02. The van der Waals surface area contributed by atoms with Crippen LogP contribution < -0.4 is 5.32 Å². The van der Waals surface area contributed by atoms with Crippen molar-refractivity contribution in [2.45, 2.75) is 13.5 Å². The Balaban J connectivity index is 2.06. The van der Waals surface area contributed by atoms with Crippen LogP contribution in [0.15, 0.2) is 36.4 Å². The highest BCUT2D eigenvalue weighted by atomic mass is 35.5. The summed E-state index contributed by atoms with van der Waals surface area (Å²) in [4.78, 5) is 15.1. The molecule has 0 amide bonds. The molecule has 1 heterocycles. The number of anilines is 1.